The molecule has 1 heterocycles. The lowest BCUT2D eigenvalue weighted by Gasteiger charge is -2.36. The lowest BCUT2D eigenvalue weighted by Crippen LogP contribution is -2.29. The van der Waals surface area contributed by atoms with Gasteiger partial charge in [-0.05, 0) is 161 Å². The second-order valence-corrected chi connectivity index (χ2v) is 18.3. The summed E-state index contributed by atoms with van der Waals surface area (Å²) in [5.74, 6) is 0.863. The first kappa shape index (κ1) is 38.5. The summed E-state index contributed by atoms with van der Waals surface area (Å²) in [5.41, 5.74) is 26.9. The van der Waals surface area contributed by atoms with Crippen LogP contribution in [0.2, 0.25) is 0 Å². The van der Waals surface area contributed by atoms with Gasteiger partial charge >= 0.3 is 0 Å². The molecule has 3 aliphatic rings. The van der Waals surface area contributed by atoms with Crippen LogP contribution in [0.3, 0.4) is 0 Å². The van der Waals surface area contributed by atoms with E-state index < -0.39 is 5.41 Å². The SMILES string of the molecule is c1ccc(-c2ccc(N(c3ccc(-c4cccc(-c5ccco5)c4)cc3)c3ccc4c(c3)-c3ccccc3-c3ccccc3C43c4ccccc4-c4c3ccc3c4-c4ccccc4C3)cc2)cc1. The van der Waals surface area contributed by atoms with Crippen molar-refractivity contribution in [2.24, 2.45) is 0 Å². The van der Waals surface area contributed by atoms with E-state index in [1.54, 1.807) is 6.26 Å². The molecule has 3 aliphatic carbocycles. The molecule has 0 aliphatic heterocycles. The molecule has 0 saturated heterocycles. The van der Waals surface area contributed by atoms with Crippen LogP contribution in [-0.2, 0) is 11.8 Å². The molecule has 1 unspecified atom stereocenters. The van der Waals surface area contributed by atoms with E-state index >= 15 is 0 Å². The van der Waals surface area contributed by atoms with Crippen molar-refractivity contribution in [1.29, 1.82) is 0 Å². The molecule has 0 bridgehead atoms. The molecule has 318 valence electrons. The van der Waals surface area contributed by atoms with Crippen molar-refractivity contribution in [3.63, 3.8) is 0 Å². The molecule has 0 saturated carbocycles. The van der Waals surface area contributed by atoms with E-state index in [4.69, 9.17) is 4.42 Å². The van der Waals surface area contributed by atoms with Crippen LogP contribution in [0.1, 0.15) is 33.4 Å². The molecule has 14 rings (SSSR count). The predicted octanol–water partition coefficient (Wildman–Crippen LogP) is 17.3. The first-order valence-corrected chi connectivity index (χ1v) is 23.6. The van der Waals surface area contributed by atoms with Crippen LogP contribution >= 0.6 is 0 Å². The molecule has 11 aromatic rings. The highest BCUT2D eigenvalue weighted by atomic mass is 16.3. The topological polar surface area (TPSA) is 16.4 Å². The first-order chi connectivity index (χ1) is 33.7. The van der Waals surface area contributed by atoms with Crippen LogP contribution in [-0.4, -0.2) is 0 Å². The third-order valence-corrected chi connectivity index (χ3v) is 14.8. The largest absolute Gasteiger partial charge is 0.464 e. The summed E-state index contributed by atoms with van der Waals surface area (Å²) in [6, 6.07) is 89.9. The predicted molar refractivity (Wildman–Crippen MR) is 280 cm³/mol. The minimum absolute atomic E-state index is 0.587. The Kier molecular flexibility index (Phi) is 8.60. The quantitative estimate of drug-likeness (QED) is 0.166. The number of benzene rings is 10. The molecule has 1 atom stereocenters. The van der Waals surface area contributed by atoms with Crippen LogP contribution in [0.25, 0.3) is 78.1 Å². The van der Waals surface area contributed by atoms with Crippen LogP contribution in [0.15, 0.2) is 253 Å². The van der Waals surface area contributed by atoms with Crippen LogP contribution in [0.4, 0.5) is 17.1 Å². The van der Waals surface area contributed by atoms with Crippen molar-refractivity contribution in [1.82, 2.24) is 0 Å². The van der Waals surface area contributed by atoms with Crippen molar-refractivity contribution in [2.75, 3.05) is 4.90 Å². The van der Waals surface area contributed by atoms with Crippen LogP contribution < -0.4 is 4.90 Å². The highest BCUT2D eigenvalue weighted by molar-refractivity contribution is 6.03. The number of furan rings is 1. The summed E-state index contributed by atoms with van der Waals surface area (Å²) in [7, 11) is 0. The van der Waals surface area contributed by atoms with E-state index in [0.717, 1.165) is 45.9 Å². The fraction of sp³-hybridized carbons (Fsp3) is 0.0303. The van der Waals surface area contributed by atoms with Gasteiger partial charge in [-0.3, -0.25) is 0 Å². The number of hydrogen-bond donors (Lipinski definition) is 0. The van der Waals surface area contributed by atoms with E-state index in [1.807, 2.05) is 12.1 Å². The van der Waals surface area contributed by atoms with Gasteiger partial charge in [0, 0.05) is 22.6 Å². The minimum Gasteiger partial charge on any atom is -0.464 e. The molecular weight excluding hydrogens is 823 g/mol. The van der Waals surface area contributed by atoms with Crippen molar-refractivity contribution in [3.05, 3.63) is 282 Å². The molecule has 0 N–H and O–H groups in total. The van der Waals surface area contributed by atoms with Gasteiger partial charge in [0.2, 0.25) is 0 Å². The Hall–Kier alpha value is -8.72. The molecule has 10 aromatic carbocycles. The van der Waals surface area contributed by atoms with E-state index in [2.05, 4.69) is 235 Å². The third kappa shape index (κ3) is 5.71. The number of anilines is 3. The fourth-order valence-electron chi connectivity index (χ4n) is 11.9. The van der Waals surface area contributed by atoms with Gasteiger partial charge < -0.3 is 9.32 Å². The van der Waals surface area contributed by atoms with Gasteiger partial charge in [0.1, 0.15) is 5.76 Å². The Bertz CT molecular complexity index is 3750. The minimum atomic E-state index is -0.587. The molecule has 0 fully saturated rings. The van der Waals surface area contributed by atoms with E-state index in [0.29, 0.717) is 0 Å². The highest BCUT2D eigenvalue weighted by Crippen LogP contribution is 2.64. The second-order valence-electron chi connectivity index (χ2n) is 18.3. The Labute approximate surface area is 396 Å². The molecule has 68 heavy (non-hydrogen) atoms. The molecule has 2 nitrogen and oxygen atoms in total. The van der Waals surface area contributed by atoms with E-state index in [9.17, 15) is 0 Å². The molecule has 1 spiro atoms. The maximum atomic E-state index is 5.77. The van der Waals surface area contributed by atoms with Gasteiger partial charge in [-0.25, -0.2) is 0 Å². The molecule has 1 aromatic heterocycles. The summed E-state index contributed by atoms with van der Waals surface area (Å²) in [6.45, 7) is 0. The van der Waals surface area contributed by atoms with Crippen molar-refractivity contribution in [2.45, 2.75) is 11.8 Å². The van der Waals surface area contributed by atoms with Gasteiger partial charge in [0.05, 0.1) is 11.7 Å². The summed E-state index contributed by atoms with van der Waals surface area (Å²) < 4.78 is 5.77. The zero-order valence-corrected chi connectivity index (χ0v) is 37.2. The van der Waals surface area contributed by atoms with E-state index in [1.165, 1.54) is 89.0 Å². The maximum Gasteiger partial charge on any atom is 0.133 e. The molecule has 0 radical (unpaired) electrons. The monoisotopic (exact) mass is 865 g/mol. The van der Waals surface area contributed by atoms with Crippen LogP contribution in [0, 0.1) is 0 Å². The number of nitrogens with zero attached hydrogens (tertiary/aromatic N) is 1. The smallest absolute Gasteiger partial charge is 0.133 e. The van der Waals surface area contributed by atoms with Crippen molar-refractivity contribution < 1.29 is 4.42 Å². The summed E-state index contributed by atoms with van der Waals surface area (Å²) in [5, 5.41) is 0. The first-order valence-electron chi connectivity index (χ1n) is 23.6. The molecule has 2 heteroatoms. The summed E-state index contributed by atoms with van der Waals surface area (Å²) in [6.07, 6.45) is 2.68. The second kappa shape index (κ2) is 15.2. The van der Waals surface area contributed by atoms with Gasteiger partial charge in [0.15, 0.2) is 0 Å². The fourth-order valence-corrected chi connectivity index (χ4v) is 11.9. The van der Waals surface area contributed by atoms with Gasteiger partial charge in [-0.1, -0.05) is 188 Å². The van der Waals surface area contributed by atoms with Gasteiger partial charge in [-0.2, -0.15) is 0 Å². The van der Waals surface area contributed by atoms with Gasteiger partial charge in [0.25, 0.3) is 0 Å². The summed E-state index contributed by atoms with van der Waals surface area (Å²) >= 11 is 0. The normalized spacial score (nSPS) is 14.5. The molecule has 0 amide bonds. The Morgan fingerprint density at radius 3 is 1.59 bits per heavy atom. The third-order valence-electron chi connectivity index (χ3n) is 14.8. The number of hydrogen-bond acceptors (Lipinski definition) is 2. The average Bonchev–Trinajstić information content (AvgIpc) is 4.15. The standard InChI is InChI=1S/C66H43NO/c1-2-14-43(15-3-1)44-27-32-50(33-28-44)67(51-34-29-45(30-35-51)46-17-12-18-48(40-46)63-26-13-39-68-63)52-36-38-61-58(42-52)55-21-7-6-20-54(55)56-22-8-10-24-59(56)66(61)60-25-11-9-23-57(60)65-62(66)37-31-49-41-47-16-4-5-19-53(47)64(49)65/h1-40,42H,41H2. The lowest BCUT2D eigenvalue weighted by molar-refractivity contribution is 0.582. The zero-order chi connectivity index (χ0) is 44.8. The number of fused-ring (bicyclic) bond motifs is 16. The zero-order valence-electron chi connectivity index (χ0n) is 37.2. The van der Waals surface area contributed by atoms with E-state index in [-0.39, 0.29) is 0 Å². The van der Waals surface area contributed by atoms with Crippen molar-refractivity contribution >= 4 is 17.1 Å². The average molecular weight is 866 g/mol. The number of rotatable bonds is 6. The lowest BCUT2D eigenvalue weighted by atomic mass is 9.65. The molecular formula is C66H43NO. The maximum absolute atomic E-state index is 5.77. The van der Waals surface area contributed by atoms with Gasteiger partial charge in [-0.15, -0.1) is 0 Å². The Balaban J connectivity index is 0.999. The summed E-state index contributed by atoms with van der Waals surface area (Å²) in [4.78, 5) is 2.42. The Morgan fingerprint density at radius 2 is 0.853 bits per heavy atom. The Morgan fingerprint density at radius 1 is 0.309 bits per heavy atom. The van der Waals surface area contributed by atoms with Crippen LogP contribution in [0.5, 0.6) is 0 Å². The van der Waals surface area contributed by atoms with Crippen molar-refractivity contribution in [3.8, 4) is 78.1 Å². The highest BCUT2D eigenvalue weighted by Gasteiger charge is 2.51.